The lowest BCUT2D eigenvalue weighted by atomic mass is 10.1. The monoisotopic (exact) mass is 218 g/mol. The number of hydrogen-bond donors (Lipinski definition) is 0. The molecule has 0 atom stereocenters. The second-order valence-corrected chi connectivity index (χ2v) is 3.71. The number of ketones is 1. The molecule has 0 bridgehead atoms. The predicted octanol–water partition coefficient (Wildman–Crippen LogP) is 2.43. The Kier molecular flexibility index (Phi) is 2.90. The predicted molar refractivity (Wildman–Crippen MR) is 59.4 cm³/mol. The summed E-state index contributed by atoms with van der Waals surface area (Å²) in [6, 6.07) is 3.48. The molecule has 0 amide bonds. The topological polar surface area (TPSA) is 48.0 Å². The van der Waals surface area contributed by atoms with Gasteiger partial charge in [-0.15, -0.1) is 0 Å². The van der Waals surface area contributed by atoms with Crippen LogP contribution in [0.5, 0.6) is 0 Å². The maximum Gasteiger partial charge on any atom is 0.214 e. The average Bonchev–Trinajstić information content (AvgIpc) is 2.87. The van der Waals surface area contributed by atoms with Crippen LogP contribution in [0.2, 0.25) is 0 Å². The SMILES string of the molecule is CCCn1nccc1C(=O)c1coc(C)c1. The van der Waals surface area contributed by atoms with Crippen molar-refractivity contribution in [3.8, 4) is 0 Å². The van der Waals surface area contributed by atoms with Crippen molar-refractivity contribution < 1.29 is 9.21 Å². The Bertz CT molecular complexity index is 497. The van der Waals surface area contributed by atoms with Crippen LogP contribution in [0.4, 0.5) is 0 Å². The number of nitrogens with zero attached hydrogens (tertiary/aromatic N) is 2. The van der Waals surface area contributed by atoms with E-state index in [1.54, 1.807) is 23.0 Å². The molecule has 4 heteroatoms. The molecule has 0 aliphatic carbocycles. The molecular formula is C12H14N2O2. The van der Waals surface area contributed by atoms with E-state index < -0.39 is 0 Å². The van der Waals surface area contributed by atoms with Gasteiger partial charge in [0, 0.05) is 12.7 Å². The zero-order valence-corrected chi connectivity index (χ0v) is 9.43. The molecule has 0 N–H and O–H groups in total. The summed E-state index contributed by atoms with van der Waals surface area (Å²) in [7, 11) is 0. The highest BCUT2D eigenvalue weighted by Gasteiger charge is 2.15. The highest BCUT2D eigenvalue weighted by Crippen LogP contribution is 2.13. The standard InChI is InChI=1S/C12H14N2O2/c1-3-6-14-11(4-5-13-14)12(15)10-7-9(2)16-8-10/h4-5,7-8H,3,6H2,1-2H3. The fourth-order valence-corrected chi connectivity index (χ4v) is 1.63. The molecule has 2 heterocycles. The normalized spacial score (nSPS) is 10.6. The van der Waals surface area contributed by atoms with Gasteiger partial charge in [0.15, 0.2) is 0 Å². The molecular weight excluding hydrogens is 204 g/mol. The van der Waals surface area contributed by atoms with Crippen molar-refractivity contribution in [3.05, 3.63) is 41.6 Å². The second-order valence-electron chi connectivity index (χ2n) is 3.71. The van der Waals surface area contributed by atoms with Crippen molar-refractivity contribution in [2.45, 2.75) is 26.8 Å². The summed E-state index contributed by atoms with van der Waals surface area (Å²) in [4.78, 5) is 12.1. The largest absolute Gasteiger partial charge is 0.469 e. The van der Waals surface area contributed by atoms with Crippen LogP contribution in [0, 0.1) is 6.92 Å². The summed E-state index contributed by atoms with van der Waals surface area (Å²) in [6.45, 7) is 4.63. The van der Waals surface area contributed by atoms with Crippen molar-refractivity contribution in [2.24, 2.45) is 0 Å². The van der Waals surface area contributed by atoms with Gasteiger partial charge in [0.2, 0.25) is 5.78 Å². The second kappa shape index (κ2) is 4.35. The number of rotatable bonds is 4. The highest BCUT2D eigenvalue weighted by atomic mass is 16.3. The van der Waals surface area contributed by atoms with E-state index in [9.17, 15) is 4.79 Å². The first kappa shape index (κ1) is 10.7. The molecule has 0 spiro atoms. The number of aromatic nitrogens is 2. The zero-order chi connectivity index (χ0) is 11.5. The number of carbonyl (C=O) groups excluding carboxylic acids is 1. The molecule has 16 heavy (non-hydrogen) atoms. The van der Waals surface area contributed by atoms with Gasteiger partial charge >= 0.3 is 0 Å². The van der Waals surface area contributed by atoms with Crippen LogP contribution in [-0.4, -0.2) is 15.6 Å². The number of furan rings is 1. The fraction of sp³-hybridized carbons (Fsp3) is 0.333. The molecule has 4 nitrogen and oxygen atoms in total. The van der Waals surface area contributed by atoms with E-state index in [2.05, 4.69) is 12.0 Å². The van der Waals surface area contributed by atoms with E-state index in [0.717, 1.165) is 18.7 Å². The van der Waals surface area contributed by atoms with Crippen LogP contribution in [0.25, 0.3) is 0 Å². The van der Waals surface area contributed by atoms with Crippen LogP contribution in [-0.2, 0) is 6.54 Å². The van der Waals surface area contributed by atoms with Crippen LogP contribution < -0.4 is 0 Å². The molecule has 0 aromatic carbocycles. The minimum atomic E-state index is -0.0391. The Morgan fingerprint density at radius 2 is 2.38 bits per heavy atom. The van der Waals surface area contributed by atoms with Gasteiger partial charge in [-0.1, -0.05) is 6.92 Å². The number of hydrogen-bond acceptors (Lipinski definition) is 3. The van der Waals surface area contributed by atoms with Gasteiger partial charge in [0.05, 0.1) is 5.56 Å². The van der Waals surface area contributed by atoms with Crippen molar-refractivity contribution in [1.29, 1.82) is 0 Å². The molecule has 0 saturated carbocycles. The lowest BCUT2D eigenvalue weighted by Gasteiger charge is -2.03. The van der Waals surface area contributed by atoms with E-state index >= 15 is 0 Å². The molecule has 2 aromatic rings. The summed E-state index contributed by atoms with van der Waals surface area (Å²) >= 11 is 0. The van der Waals surface area contributed by atoms with E-state index in [1.807, 2.05) is 6.92 Å². The minimum Gasteiger partial charge on any atom is -0.469 e. The van der Waals surface area contributed by atoms with E-state index in [4.69, 9.17) is 4.42 Å². The molecule has 2 rings (SSSR count). The third-order valence-electron chi connectivity index (χ3n) is 2.38. The highest BCUT2D eigenvalue weighted by molar-refractivity contribution is 6.07. The Morgan fingerprint density at radius 3 is 3.00 bits per heavy atom. The summed E-state index contributed by atoms with van der Waals surface area (Å²) in [6.07, 6.45) is 4.09. The molecule has 0 saturated heterocycles. The molecule has 0 radical (unpaired) electrons. The van der Waals surface area contributed by atoms with Gasteiger partial charge in [0.1, 0.15) is 17.7 Å². The summed E-state index contributed by atoms with van der Waals surface area (Å²) in [5.41, 5.74) is 1.19. The van der Waals surface area contributed by atoms with Crippen LogP contribution in [0.1, 0.15) is 35.2 Å². The summed E-state index contributed by atoms with van der Waals surface area (Å²) in [5.74, 6) is 0.702. The van der Waals surface area contributed by atoms with Crippen molar-refractivity contribution in [2.75, 3.05) is 0 Å². The quantitative estimate of drug-likeness (QED) is 0.740. The van der Waals surface area contributed by atoms with Crippen molar-refractivity contribution >= 4 is 5.78 Å². The molecule has 0 fully saturated rings. The van der Waals surface area contributed by atoms with Crippen molar-refractivity contribution in [3.63, 3.8) is 0 Å². The first-order chi connectivity index (χ1) is 7.72. The zero-order valence-electron chi connectivity index (χ0n) is 9.43. The van der Waals surface area contributed by atoms with Gasteiger partial charge in [0.25, 0.3) is 0 Å². The third kappa shape index (κ3) is 1.91. The number of carbonyl (C=O) groups is 1. The van der Waals surface area contributed by atoms with Gasteiger partial charge in [-0.2, -0.15) is 5.10 Å². The molecule has 0 aliphatic heterocycles. The lowest BCUT2D eigenvalue weighted by molar-refractivity contribution is 0.102. The molecule has 0 unspecified atom stereocenters. The van der Waals surface area contributed by atoms with Gasteiger partial charge in [-0.05, 0) is 25.5 Å². The average molecular weight is 218 g/mol. The third-order valence-corrected chi connectivity index (χ3v) is 2.38. The van der Waals surface area contributed by atoms with Gasteiger partial charge < -0.3 is 4.42 Å². The summed E-state index contributed by atoms with van der Waals surface area (Å²) in [5, 5.41) is 4.12. The van der Waals surface area contributed by atoms with E-state index in [0.29, 0.717) is 11.3 Å². The maximum absolute atomic E-state index is 12.1. The Morgan fingerprint density at radius 1 is 1.56 bits per heavy atom. The lowest BCUT2D eigenvalue weighted by Crippen LogP contribution is -2.10. The molecule has 2 aromatic heterocycles. The fourth-order valence-electron chi connectivity index (χ4n) is 1.63. The smallest absolute Gasteiger partial charge is 0.214 e. The first-order valence-electron chi connectivity index (χ1n) is 5.34. The van der Waals surface area contributed by atoms with E-state index in [-0.39, 0.29) is 5.78 Å². The van der Waals surface area contributed by atoms with Gasteiger partial charge in [-0.3, -0.25) is 9.48 Å². The van der Waals surface area contributed by atoms with Crippen LogP contribution in [0.3, 0.4) is 0 Å². The Labute approximate surface area is 93.9 Å². The molecule has 0 aliphatic rings. The van der Waals surface area contributed by atoms with E-state index in [1.165, 1.54) is 6.26 Å². The molecule has 84 valence electrons. The van der Waals surface area contributed by atoms with Crippen LogP contribution in [0.15, 0.2) is 29.0 Å². The van der Waals surface area contributed by atoms with Crippen LogP contribution >= 0.6 is 0 Å². The minimum absolute atomic E-state index is 0.0391. The maximum atomic E-state index is 12.1. The first-order valence-corrected chi connectivity index (χ1v) is 5.34. The number of aryl methyl sites for hydroxylation is 2. The van der Waals surface area contributed by atoms with Crippen molar-refractivity contribution in [1.82, 2.24) is 9.78 Å². The Hall–Kier alpha value is -1.84. The van der Waals surface area contributed by atoms with Gasteiger partial charge in [-0.25, -0.2) is 0 Å². The Balaban J connectivity index is 2.30. The summed E-state index contributed by atoms with van der Waals surface area (Å²) < 4.78 is 6.86.